The van der Waals surface area contributed by atoms with E-state index in [0.717, 1.165) is 28.9 Å². The van der Waals surface area contributed by atoms with Crippen LogP contribution in [0.2, 0.25) is 0 Å². The first-order valence-corrected chi connectivity index (χ1v) is 9.13. The zero-order chi connectivity index (χ0) is 16.4. The van der Waals surface area contributed by atoms with Crippen LogP contribution in [0.4, 0.5) is 0 Å². The molecular formula is C17H24N2O3S. The fourth-order valence-corrected chi connectivity index (χ4v) is 4.82. The van der Waals surface area contributed by atoms with E-state index in [2.05, 4.69) is 4.99 Å². The number of ether oxygens (including phenoxy) is 1. The number of hydrogen-bond acceptors (Lipinski definition) is 4. The van der Waals surface area contributed by atoms with Gasteiger partial charge >= 0.3 is 0 Å². The van der Waals surface area contributed by atoms with E-state index in [-0.39, 0.29) is 11.8 Å². The maximum absolute atomic E-state index is 12.6. The Kier molecular flexibility index (Phi) is 5.11. The molecule has 0 radical (unpaired) electrons. The average molecular weight is 336 g/mol. The molecule has 0 aromatic carbocycles. The van der Waals surface area contributed by atoms with Gasteiger partial charge in [0.1, 0.15) is 5.78 Å². The lowest BCUT2D eigenvalue weighted by Crippen LogP contribution is -2.34. The van der Waals surface area contributed by atoms with Gasteiger partial charge in [-0.2, -0.15) is 4.99 Å². The molecule has 6 heteroatoms. The molecule has 23 heavy (non-hydrogen) atoms. The summed E-state index contributed by atoms with van der Waals surface area (Å²) in [4.78, 5) is 30.6. The Hall–Kier alpha value is -1.27. The van der Waals surface area contributed by atoms with Gasteiger partial charge < -0.3 is 9.30 Å². The van der Waals surface area contributed by atoms with Crippen LogP contribution in [0.5, 0.6) is 0 Å². The van der Waals surface area contributed by atoms with Gasteiger partial charge in [-0.3, -0.25) is 9.59 Å². The third kappa shape index (κ3) is 3.98. The van der Waals surface area contributed by atoms with E-state index in [0.29, 0.717) is 43.6 Å². The molecule has 1 aromatic heterocycles. The molecule has 1 amide bonds. The van der Waals surface area contributed by atoms with Crippen LogP contribution in [0.25, 0.3) is 0 Å². The van der Waals surface area contributed by atoms with Crippen LogP contribution in [0.1, 0.15) is 37.0 Å². The Labute approximate surface area is 140 Å². The van der Waals surface area contributed by atoms with Crippen LogP contribution in [-0.4, -0.2) is 30.0 Å². The zero-order valence-electron chi connectivity index (χ0n) is 13.8. The molecule has 3 rings (SSSR count). The van der Waals surface area contributed by atoms with Gasteiger partial charge in [0.15, 0.2) is 4.80 Å². The number of hydrogen-bond donors (Lipinski definition) is 0. The highest BCUT2D eigenvalue weighted by atomic mass is 32.1. The van der Waals surface area contributed by atoms with Crippen molar-refractivity contribution in [2.45, 2.75) is 45.6 Å². The average Bonchev–Trinajstić information content (AvgIpc) is 2.83. The monoisotopic (exact) mass is 336 g/mol. The summed E-state index contributed by atoms with van der Waals surface area (Å²) >= 11 is 1.54. The van der Waals surface area contributed by atoms with Gasteiger partial charge in [-0.1, -0.05) is 0 Å². The van der Waals surface area contributed by atoms with E-state index in [4.69, 9.17) is 4.74 Å². The molecule has 2 fully saturated rings. The van der Waals surface area contributed by atoms with E-state index < -0.39 is 0 Å². The summed E-state index contributed by atoms with van der Waals surface area (Å²) in [7, 11) is 1.67. The Morgan fingerprint density at radius 3 is 2.70 bits per heavy atom. The quantitative estimate of drug-likeness (QED) is 0.848. The molecule has 3 atom stereocenters. The molecular weight excluding hydrogens is 312 g/mol. The fourth-order valence-electron chi connectivity index (χ4n) is 3.95. The highest BCUT2D eigenvalue weighted by Gasteiger charge is 2.37. The number of nitrogens with zero attached hydrogens (tertiary/aromatic N) is 2. The van der Waals surface area contributed by atoms with Gasteiger partial charge in [0, 0.05) is 43.5 Å². The van der Waals surface area contributed by atoms with E-state index in [1.165, 1.54) is 0 Å². The van der Waals surface area contributed by atoms with Gasteiger partial charge in [0.05, 0.1) is 6.61 Å². The highest BCUT2D eigenvalue weighted by Crippen LogP contribution is 2.41. The number of carbonyl (C=O) groups excluding carboxylic acids is 2. The number of thiazole rings is 1. The third-order valence-electron chi connectivity index (χ3n) is 4.86. The summed E-state index contributed by atoms with van der Waals surface area (Å²) in [6.45, 7) is 3.33. The van der Waals surface area contributed by atoms with E-state index >= 15 is 0 Å². The molecule has 126 valence electrons. The lowest BCUT2D eigenvalue weighted by Gasteiger charge is -2.36. The number of ketones is 1. The number of fused-ring (bicyclic) bond motifs is 2. The second-order valence-electron chi connectivity index (χ2n) is 6.84. The SMILES string of the molecule is COCCn1cc(C)sc1=NC(=O)C1C[C@H]2CC(=O)C[C@@H](C1)C2. The van der Waals surface area contributed by atoms with E-state index in [9.17, 15) is 9.59 Å². The lowest BCUT2D eigenvalue weighted by molar-refractivity contribution is -0.130. The minimum atomic E-state index is -0.0120. The van der Waals surface area contributed by atoms with Crippen molar-refractivity contribution in [1.29, 1.82) is 0 Å². The second kappa shape index (κ2) is 7.09. The largest absolute Gasteiger partial charge is 0.383 e. The Bertz CT molecular complexity index is 645. The summed E-state index contributed by atoms with van der Waals surface area (Å²) in [5.41, 5.74) is 0. The third-order valence-corrected chi connectivity index (χ3v) is 5.80. The maximum atomic E-state index is 12.6. The highest BCUT2D eigenvalue weighted by molar-refractivity contribution is 7.09. The van der Waals surface area contributed by atoms with Crippen molar-refractivity contribution < 1.29 is 14.3 Å². The number of rotatable bonds is 4. The topological polar surface area (TPSA) is 60.7 Å². The first-order chi connectivity index (χ1) is 11.0. The molecule has 0 N–H and O–H groups in total. The number of Topliss-reactive ketones (excluding diaryl/α,β-unsaturated/α-hetero) is 1. The van der Waals surface area contributed by atoms with Crippen LogP contribution in [-0.2, 0) is 20.9 Å². The molecule has 1 heterocycles. The summed E-state index contributed by atoms with van der Waals surface area (Å²) in [5.74, 6) is 1.14. The Morgan fingerprint density at radius 2 is 2.04 bits per heavy atom. The predicted octanol–water partition coefficient (Wildman–Crippen LogP) is 2.33. The van der Waals surface area contributed by atoms with Crippen LogP contribution < -0.4 is 4.80 Å². The molecule has 2 bridgehead atoms. The number of amides is 1. The normalized spacial score (nSPS) is 28.2. The fraction of sp³-hybridized carbons (Fsp3) is 0.706. The Balaban J connectivity index is 1.75. The van der Waals surface area contributed by atoms with Gasteiger partial charge in [-0.15, -0.1) is 11.3 Å². The first kappa shape index (κ1) is 16.6. The van der Waals surface area contributed by atoms with Crippen molar-refractivity contribution in [3.63, 3.8) is 0 Å². The van der Waals surface area contributed by atoms with Crippen LogP contribution >= 0.6 is 11.3 Å². The molecule has 2 aliphatic rings. The molecule has 0 spiro atoms. The maximum Gasteiger partial charge on any atom is 0.251 e. The van der Waals surface area contributed by atoms with Crippen molar-refractivity contribution in [2.75, 3.05) is 13.7 Å². The molecule has 1 unspecified atom stereocenters. The molecule has 5 nitrogen and oxygen atoms in total. The molecule has 0 aliphatic heterocycles. The summed E-state index contributed by atoms with van der Waals surface area (Å²) in [5, 5.41) is 0. The summed E-state index contributed by atoms with van der Waals surface area (Å²) in [6.07, 6.45) is 6.10. The minimum absolute atomic E-state index is 0.00914. The molecule has 1 aromatic rings. The van der Waals surface area contributed by atoms with Crippen LogP contribution in [0.3, 0.4) is 0 Å². The first-order valence-electron chi connectivity index (χ1n) is 8.31. The van der Waals surface area contributed by atoms with Gasteiger partial charge in [0.25, 0.3) is 5.91 Å². The van der Waals surface area contributed by atoms with Crippen molar-refractivity contribution in [1.82, 2.24) is 4.57 Å². The minimum Gasteiger partial charge on any atom is -0.383 e. The smallest absolute Gasteiger partial charge is 0.251 e. The number of aromatic nitrogens is 1. The summed E-state index contributed by atoms with van der Waals surface area (Å²) < 4.78 is 7.11. The van der Waals surface area contributed by atoms with Crippen molar-refractivity contribution >= 4 is 23.0 Å². The van der Waals surface area contributed by atoms with Gasteiger partial charge in [0.2, 0.25) is 0 Å². The van der Waals surface area contributed by atoms with Crippen molar-refractivity contribution in [2.24, 2.45) is 22.7 Å². The van der Waals surface area contributed by atoms with Crippen molar-refractivity contribution in [3.05, 3.63) is 15.9 Å². The summed E-state index contributed by atoms with van der Waals surface area (Å²) in [6, 6.07) is 0. The Morgan fingerprint density at radius 1 is 1.35 bits per heavy atom. The van der Waals surface area contributed by atoms with E-state index in [1.807, 2.05) is 17.7 Å². The number of methoxy groups -OCH3 is 1. The predicted molar refractivity (Wildman–Crippen MR) is 88.1 cm³/mol. The number of aryl methyl sites for hydroxylation is 1. The van der Waals surface area contributed by atoms with Gasteiger partial charge in [-0.05, 0) is 38.0 Å². The zero-order valence-corrected chi connectivity index (χ0v) is 14.6. The molecule has 2 aliphatic carbocycles. The molecule has 2 saturated carbocycles. The van der Waals surface area contributed by atoms with Crippen molar-refractivity contribution in [3.8, 4) is 0 Å². The standard InChI is InChI=1S/C17H24N2O3S/c1-11-10-19(3-4-22-2)17(23-11)18-16(21)14-6-12-5-13(7-14)9-15(20)8-12/h10,12-14H,3-9H2,1-2H3/t12-,13+,14?. The lowest BCUT2D eigenvalue weighted by atomic mass is 9.67. The number of carbonyl (C=O) groups is 2. The molecule has 0 saturated heterocycles. The van der Waals surface area contributed by atoms with Gasteiger partial charge in [-0.25, -0.2) is 0 Å². The van der Waals surface area contributed by atoms with Crippen LogP contribution in [0, 0.1) is 24.7 Å². The van der Waals surface area contributed by atoms with Crippen LogP contribution in [0.15, 0.2) is 11.2 Å². The second-order valence-corrected chi connectivity index (χ2v) is 8.06. The van der Waals surface area contributed by atoms with E-state index in [1.54, 1.807) is 18.4 Å².